The molecule has 0 fully saturated rings. The SMILES string of the molecule is CCCCCn1c2nc(Br)[nH]c2c(=O)n2c(CCNC(=O)c3ccnc(C)c3)nnc12. The Kier molecular flexibility index (Phi) is 6.12. The van der Waals surface area contributed by atoms with Crippen molar-refractivity contribution in [3.8, 4) is 0 Å². The van der Waals surface area contributed by atoms with Gasteiger partial charge in [-0.15, -0.1) is 10.2 Å². The molecule has 0 aromatic carbocycles. The molecule has 0 aliphatic heterocycles. The van der Waals surface area contributed by atoms with Crippen LogP contribution in [0.2, 0.25) is 0 Å². The Labute approximate surface area is 186 Å². The van der Waals surface area contributed by atoms with Crippen molar-refractivity contribution < 1.29 is 4.79 Å². The van der Waals surface area contributed by atoms with Gasteiger partial charge in [0, 0.05) is 37.0 Å². The van der Waals surface area contributed by atoms with E-state index in [1.54, 1.807) is 18.3 Å². The molecule has 1 amide bonds. The number of hydrogen-bond donors (Lipinski definition) is 2. The predicted octanol–water partition coefficient (Wildman–Crippen LogP) is 2.40. The summed E-state index contributed by atoms with van der Waals surface area (Å²) >= 11 is 3.32. The Bertz CT molecular complexity index is 1310. The lowest BCUT2D eigenvalue weighted by Gasteiger charge is -2.09. The van der Waals surface area contributed by atoms with Gasteiger partial charge >= 0.3 is 0 Å². The number of fused-ring (bicyclic) bond motifs is 2. The maximum atomic E-state index is 13.1. The molecule has 4 aromatic rings. The van der Waals surface area contributed by atoms with Crippen LogP contribution in [0, 0.1) is 6.92 Å². The zero-order chi connectivity index (χ0) is 22.0. The number of unbranched alkanes of at least 4 members (excludes halogenated alkanes) is 2. The van der Waals surface area contributed by atoms with Gasteiger partial charge in [0.25, 0.3) is 11.5 Å². The average Bonchev–Trinajstić information content (AvgIpc) is 3.34. The topological polar surface area (TPSA) is 123 Å². The molecule has 11 heteroatoms. The minimum absolute atomic E-state index is 0.198. The first-order valence-electron chi connectivity index (χ1n) is 10.2. The van der Waals surface area contributed by atoms with Crippen LogP contribution in [0.4, 0.5) is 0 Å². The van der Waals surface area contributed by atoms with Gasteiger partial charge in [0.2, 0.25) is 5.78 Å². The molecule has 0 saturated heterocycles. The monoisotopic (exact) mass is 486 g/mol. The number of nitrogens with one attached hydrogen (secondary N) is 2. The number of halogens is 1. The molecule has 4 heterocycles. The van der Waals surface area contributed by atoms with E-state index in [1.165, 1.54) is 4.40 Å². The fourth-order valence-electron chi connectivity index (χ4n) is 3.54. The quantitative estimate of drug-likeness (QED) is 0.291. The first-order valence-corrected chi connectivity index (χ1v) is 11.0. The van der Waals surface area contributed by atoms with Crippen LogP contribution in [0.1, 0.15) is 48.1 Å². The van der Waals surface area contributed by atoms with Crippen molar-refractivity contribution in [2.24, 2.45) is 0 Å². The van der Waals surface area contributed by atoms with E-state index in [4.69, 9.17) is 0 Å². The van der Waals surface area contributed by atoms with E-state index in [0.29, 0.717) is 52.6 Å². The molecule has 0 aliphatic carbocycles. The van der Waals surface area contributed by atoms with Gasteiger partial charge in [-0.1, -0.05) is 19.8 Å². The maximum absolute atomic E-state index is 13.1. The smallest absolute Gasteiger partial charge is 0.286 e. The molecule has 0 spiro atoms. The number of imidazole rings is 1. The zero-order valence-electron chi connectivity index (χ0n) is 17.4. The molecule has 31 heavy (non-hydrogen) atoms. The van der Waals surface area contributed by atoms with Crippen molar-refractivity contribution in [3.63, 3.8) is 0 Å². The normalized spacial score (nSPS) is 11.5. The number of hydrogen-bond acceptors (Lipinski definition) is 6. The number of rotatable bonds is 8. The maximum Gasteiger partial charge on any atom is 0.286 e. The number of amides is 1. The lowest BCUT2D eigenvalue weighted by atomic mass is 10.2. The molecular weight excluding hydrogens is 464 g/mol. The third-order valence-corrected chi connectivity index (χ3v) is 5.44. The molecule has 162 valence electrons. The van der Waals surface area contributed by atoms with Crippen molar-refractivity contribution in [2.45, 2.75) is 46.1 Å². The second-order valence-corrected chi connectivity index (χ2v) is 8.08. The Morgan fingerprint density at radius 3 is 2.90 bits per heavy atom. The van der Waals surface area contributed by atoms with Gasteiger partial charge in [-0.25, -0.2) is 9.38 Å². The molecule has 4 rings (SSSR count). The number of nitrogens with zero attached hydrogens (tertiary/aromatic N) is 6. The molecule has 10 nitrogen and oxygen atoms in total. The summed E-state index contributed by atoms with van der Waals surface area (Å²) in [6.07, 6.45) is 5.05. The van der Waals surface area contributed by atoms with Gasteiger partial charge in [0.15, 0.2) is 15.9 Å². The highest BCUT2D eigenvalue weighted by molar-refractivity contribution is 9.10. The third kappa shape index (κ3) is 4.22. The minimum Gasteiger partial charge on any atom is -0.352 e. The first kappa shape index (κ1) is 21.2. The molecular formula is C20H23BrN8O2. The fraction of sp³-hybridized carbons (Fsp3) is 0.400. The lowest BCUT2D eigenvalue weighted by Crippen LogP contribution is -2.27. The number of aromatic amines is 1. The molecule has 0 bridgehead atoms. The van der Waals surface area contributed by atoms with Crippen molar-refractivity contribution in [2.75, 3.05) is 6.54 Å². The van der Waals surface area contributed by atoms with Crippen molar-refractivity contribution in [1.29, 1.82) is 0 Å². The zero-order valence-corrected chi connectivity index (χ0v) is 18.9. The van der Waals surface area contributed by atoms with Crippen LogP contribution in [0.3, 0.4) is 0 Å². The number of H-pyrrole nitrogens is 1. The second kappa shape index (κ2) is 8.96. The van der Waals surface area contributed by atoms with Gasteiger partial charge < -0.3 is 10.3 Å². The molecule has 0 saturated carbocycles. The van der Waals surface area contributed by atoms with Crippen LogP contribution in [0.5, 0.6) is 0 Å². The Morgan fingerprint density at radius 1 is 1.29 bits per heavy atom. The second-order valence-electron chi connectivity index (χ2n) is 7.33. The summed E-state index contributed by atoms with van der Waals surface area (Å²) in [6.45, 7) is 4.97. The van der Waals surface area contributed by atoms with E-state index >= 15 is 0 Å². The minimum atomic E-state index is -0.258. The summed E-state index contributed by atoms with van der Waals surface area (Å²) in [7, 11) is 0. The standard InChI is InChI=1S/C20H23BrN8O2/c1-3-4-5-10-28-16-15(24-19(21)25-16)18(31)29-14(26-27-20(28)29)7-9-23-17(30)13-6-8-22-12(2)11-13/h6,8,11H,3-5,7,9-10H2,1-2H3,(H,23,30)(H,24,25). The molecule has 0 aliphatic rings. The molecule has 0 radical (unpaired) electrons. The predicted molar refractivity (Wildman–Crippen MR) is 119 cm³/mol. The molecule has 0 atom stereocenters. The summed E-state index contributed by atoms with van der Waals surface area (Å²) in [4.78, 5) is 37.0. The van der Waals surface area contributed by atoms with Crippen LogP contribution in [0.15, 0.2) is 27.9 Å². The number of carbonyl (C=O) groups excluding carboxylic acids is 1. The Hall–Kier alpha value is -3.08. The van der Waals surface area contributed by atoms with Gasteiger partial charge in [-0.2, -0.15) is 0 Å². The Balaban J connectivity index is 1.61. The summed E-state index contributed by atoms with van der Waals surface area (Å²) in [5.41, 5.74) is 2.01. The highest BCUT2D eigenvalue weighted by Crippen LogP contribution is 2.16. The summed E-state index contributed by atoms with van der Waals surface area (Å²) in [6, 6.07) is 3.39. The van der Waals surface area contributed by atoms with E-state index in [2.05, 4.69) is 53.3 Å². The van der Waals surface area contributed by atoms with E-state index in [1.807, 2.05) is 11.5 Å². The highest BCUT2D eigenvalue weighted by atomic mass is 79.9. The molecule has 0 unspecified atom stereocenters. The van der Waals surface area contributed by atoms with Crippen molar-refractivity contribution >= 4 is 38.8 Å². The van der Waals surface area contributed by atoms with Gasteiger partial charge in [0.1, 0.15) is 5.82 Å². The van der Waals surface area contributed by atoms with Crippen LogP contribution in [0.25, 0.3) is 16.9 Å². The van der Waals surface area contributed by atoms with Crippen LogP contribution in [-0.4, -0.2) is 46.6 Å². The fourth-order valence-corrected chi connectivity index (χ4v) is 3.91. The summed E-state index contributed by atoms with van der Waals surface area (Å²) < 4.78 is 3.91. The average molecular weight is 487 g/mol. The van der Waals surface area contributed by atoms with Crippen LogP contribution >= 0.6 is 15.9 Å². The largest absolute Gasteiger partial charge is 0.352 e. The number of aryl methyl sites for hydroxylation is 2. The van der Waals surface area contributed by atoms with Gasteiger partial charge in [-0.3, -0.25) is 19.1 Å². The number of aromatic nitrogens is 7. The summed E-state index contributed by atoms with van der Waals surface area (Å²) in [5.74, 6) is 0.748. The molecule has 2 N–H and O–H groups in total. The van der Waals surface area contributed by atoms with Crippen molar-refractivity contribution in [1.82, 2.24) is 39.4 Å². The van der Waals surface area contributed by atoms with Crippen molar-refractivity contribution in [3.05, 3.63) is 50.5 Å². The van der Waals surface area contributed by atoms with E-state index in [-0.39, 0.29) is 11.5 Å². The van der Waals surface area contributed by atoms with Gasteiger partial charge in [-0.05, 0) is 41.4 Å². The van der Waals surface area contributed by atoms with Crippen LogP contribution in [-0.2, 0) is 13.0 Å². The molecule has 4 aromatic heterocycles. The van der Waals surface area contributed by atoms with E-state index < -0.39 is 0 Å². The Morgan fingerprint density at radius 2 is 2.13 bits per heavy atom. The number of carbonyl (C=O) groups is 1. The summed E-state index contributed by atoms with van der Waals surface area (Å²) in [5, 5.41) is 11.4. The lowest BCUT2D eigenvalue weighted by molar-refractivity contribution is 0.0953. The van der Waals surface area contributed by atoms with E-state index in [9.17, 15) is 9.59 Å². The number of pyridine rings is 1. The third-order valence-electron chi connectivity index (χ3n) is 5.06. The highest BCUT2D eigenvalue weighted by Gasteiger charge is 2.19. The van der Waals surface area contributed by atoms with Crippen LogP contribution < -0.4 is 10.9 Å². The first-order chi connectivity index (χ1) is 15.0. The van der Waals surface area contributed by atoms with Gasteiger partial charge in [0.05, 0.1) is 0 Å². The van der Waals surface area contributed by atoms with E-state index in [0.717, 1.165) is 25.0 Å².